The lowest BCUT2D eigenvalue weighted by Gasteiger charge is -2.32. The number of hydrogen-bond donors (Lipinski definition) is 1. The first-order valence-electron chi connectivity index (χ1n) is 9.51. The highest BCUT2D eigenvalue weighted by Gasteiger charge is 2.25. The molecular weight excluding hydrogens is 328 g/mol. The third-order valence-electron chi connectivity index (χ3n) is 5.31. The number of carbonyl (C=O) groups excluding carboxylic acids is 2. The molecule has 0 spiro atoms. The number of ether oxygens (including phenoxy) is 1. The number of amides is 2. The molecule has 26 heavy (non-hydrogen) atoms. The van der Waals surface area contributed by atoms with Crippen molar-refractivity contribution < 1.29 is 14.3 Å². The largest absolute Gasteiger partial charge is 0.496 e. The molecule has 0 unspecified atom stereocenters. The molecule has 5 nitrogen and oxygen atoms in total. The summed E-state index contributed by atoms with van der Waals surface area (Å²) in [5, 5.41) is 3.14. The molecule has 5 heteroatoms. The Morgan fingerprint density at radius 1 is 1.19 bits per heavy atom. The third kappa shape index (κ3) is 4.87. The van der Waals surface area contributed by atoms with Gasteiger partial charge in [-0.2, -0.15) is 0 Å². The van der Waals surface area contributed by atoms with Crippen molar-refractivity contribution in [1.29, 1.82) is 0 Å². The molecule has 1 aliphatic heterocycles. The van der Waals surface area contributed by atoms with Gasteiger partial charge in [-0.25, -0.2) is 0 Å². The summed E-state index contributed by atoms with van der Waals surface area (Å²) < 4.78 is 5.33. The minimum atomic E-state index is 0.121. The summed E-state index contributed by atoms with van der Waals surface area (Å²) in [5.74, 6) is 1.41. The molecule has 140 valence electrons. The monoisotopic (exact) mass is 356 g/mol. The standard InChI is InChI=1S/C21H28N2O3/c1-26-19-9-5-4-8-17(19)15-21(25)23-12-10-18(11-13-23)22-20(24)14-16-6-2-3-7-16/h2,4-6,8-9,16,18H,3,7,10-15H2,1H3,(H,22,24)/t16-/m0/s1. The smallest absolute Gasteiger partial charge is 0.227 e. The molecule has 1 heterocycles. The van der Waals surface area contributed by atoms with Crippen LogP contribution in [-0.4, -0.2) is 43.0 Å². The molecule has 3 rings (SSSR count). The minimum Gasteiger partial charge on any atom is -0.496 e. The van der Waals surface area contributed by atoms with Gasteiger partial charge in [0.15, 0.2) is 0 Å². The van der Waals surface area contributed by atoms with Gasteiger partial charge < -0.3 is 15.0 Å². The van der Waals surface area contributed by atoms with Crippen LogP contribution in [0.5, 0.6) is 5.75 Å². The van der Waals surface area contributed by atoms with Crippen molar-refractivity contribution in [2.75, 3.05) is 20.2 Å². The van der Waals surface area contributed by atoms with Gasteiger partial charge in [-0.15, -0.1) is 0 Å². The fourth-order valence-electron chi connectivity index (χ4n) is 3.79. The van der Waals surface area contributed by atoms with Gasteiger partial charge in [-0.3, -0.25) is 9.59 Å². The molecule has 2 aliphatic rings. The van der Waals surface area contributed by atoms with Gasteiger partial charge in [0.1, 0.15) is 5.75 Å². The van der Waals surface area contributed by atoms with E-state index in [1.807, 2.05) is 29.2 Å². The maximum Gasteiger partial charge on any atom is 0.227 e. The van der Waals surface area contributed by atoms with Gasteiger partial charge in [0.2, 0.25) is 11.8 Å². The van der Waals surface area contributed by atoms with E-state index in [1.54, 1.807) is 7.11 Å². The second-order valence-electron chi connectivity index (χ2n) is 7.18. The van der Waals surface area contributed by atoms with Gasteiger partial charge >= 0.3 is 0 Å². The van der Waals surface area contributed by atoms with Crippen LogP contribution in [0, 0.1) is 5.92 Å². The Hall–Kier alpha value is -2.30. The van der Waals surface area contributed by atoms with Crippen LogP contribution in [0.2, 0.25) is 0 Å². The Morgan fingerprint density at radius 3 is 2.65 bits per heavy atom. The highest BCUT2D eigenvalue weighted by molar-refractivity contribution is 5.80. The summed E-state index contributed by atoms with van der Waals surface area (Å²) in [6.45, 7) is 1.39. The average Bonchev–Trinajstić information content (AvgIpc) is 3.15. The molecule has 1 N–H and O–H groups in total. The zero-order valence-electron chi connectivity index (χ0n) is 15.4. The van der Waals surface area contributed by atoms with Crippen molar-refractivity contribution in [2.45, 2.75) is 44.6 Å². The zero-order valence-corrected chi connectivity index (χ0v) is 15.4. The predicted molar refractivity (Wildman–Crippen MR) is 101 cm³/mol. The number of methoxy groups -OCH3 is 1. The number of piperidine rings is 1. The number of allylic oxidation sites excluding steroid dienone is 2. The van der Waals surface area contributed by atoms with E-state index in [0.29, 0.717) is 31.8 Å². The molecule has 0 aromatic heterocycles. The topological polar surface area (TPSA) is 58.6 Å². The first-order chi connectivity index (χ1) is 12.7. The molecule has 1 fully saturated rings. The van der Waals surface area contributed by atoms with E-state index in [9.17, 15) is 9.59 Å². The van der Waals surface area contributed by atoms with Crippen molar-refractivity contribution in [3.8, 4) is 5.75 Å². The Bertz CT molecular complexity index is 663. The van der Waals surface area contributed by atoms with E-state index in [0.717, 1.165) is 37.0 Å². The van der Waals surface area contributed by atoms with Crippen molar-refractivity contribution in [1.82, 2.24) is 10.2 Å². The molecule has 0 radical (unpaired) electrons. The van der Waals surface area contributed by atoms with E-state index in [-0.39, 0.29) is 17.9 Å². The summed E-state index contributed by atoms with van der Waals surface area (Å²) >= 11 is 0. The van der Waals surface area contributed by atoms with E-state index in [2.05, 4.69) is 17.5 Å². The quantitative estimate of drug-likeness (QED) is 0.798. The lowest BCUT2D eigenvalue weighted by molar-refractivity contribution is -0.131. The van der Waals surface area contributed by atoms with Crippen molar-refractivity contribution in [3.05, 3.63) is 42.0 Å². The summed E-state index contributed by atoms with van der Waals surface area (Å²) in [6, 6.07) is 7.82. The maximum absolute atomic E-state index is 12.6. The Labute approximate surface area is 155 Å². The molecule has 1 aromatic rings. The van der Waals surface area contributed by atoms with E-state index >= 15 is 0 Å². The average molecular weight is 356 g/mol. The molecule has 1 aromatic carbocycles. The Balaban J connectivity index is 1.43. The van der Waals surface area contributed by atoms with Crippen molar-refractivity contribution >= 4 is 11.8 Å². The van der Waals surface area contributed by atoms with Gasteiger partial charge in [0.05, 0.1) is 13.5 Å². The fourth-order valence-corrected chi connectivity index (χ4v) is 3.79. The molecule has 1 saturated heterocycles. The second-order valence-corrected chi connectivity index (χ2v) is 7.18. The molecular formula is C21H28N2O3. The lowest BCUT2D eigenvalue weighted by Crippen LogP contribution is -2.47. The molecule has 1 atom stereocenters. The number of likely N-dealkylation sites (tertiary alicyclic amines) is 1. The van der Waals surface area contributed by atoms with Crippen LogP contribution in [0.4, 0.5) is 0 Å². The Kier molecular flexibility index (Phi) is 6.31. The van der Waals surface area contributed by atoms with E-state index < -0.39 is 0 Å². The number of nitrogens with zero attached hydrogens (tertiary/aromatic N) is 1. The van der Waals surface area contributed by atoms with Crippen LogP contribution in [-0.2, 0) is 16.0 Å². The van der Waals surface area contributed by atoms with Gasteiger partial charge in [-0.1, -0.05) is 30.4 Å². The minimum absolute atomic E-state index is 0.121. The Morgan fingerprint density at radius 2 is 1.96 bits per heavy atom. The first kappa shape index (κ1) is 18.5. The zero-order chi connectivity index (χ0) is 18.4. The van der Waals surface area contributed by atoms with Crippen LogP contribution in [0.1, 0.15) is 37.7 Å². The maximum atomic E-state index is 12.6. The fraction of sp³-hybridized carbons (Fsp3) is 0.524. The molecule has 1 aliphatic carbocycles. The number of rotatable bonds is 6. The number of benzene rings is 1. The summed E-state index contributed by atoms with van der Waals surface area (Å²) in [6.07, 6.45) is 9.07. The van der Waals surface area contributed by atoms with Crippen molar-refractivity contribution in [3.63, 3.8) is 0 Å². The van der Waals surface area contributed by atoms with E-state index in [4.69, 9.17) is 4.74 Å². The number of hydrogen-bond acceptors (Lipinski definition) is 3. The summed E-state index contributed by atoms with van der Waals surface area (Å²) in [7, 11) is 1.62. The van der Waals surface area contributed by atoms with Gasteiger partial charge in [-0.05, 0) is 37.7 Å². The normalized spacial score (nSPS) is 20.2. The van der Waals surface area contributed by atoms with Gasteiger partial charge in [0, 0.05) is 31.1 Å². The molecule has 0 saturated carbocycles. The van der Waals surface area contributed by atoms with E-state index in [1.165, 1.54) is 0 Å². The molecule has 2 amide bonds. The van der Waals surface area contributed by atoms with Crippen LogP contribution in [0.3, 0.4) is 0 Å². The van der Waals surface area contributed by atoms with Crippen LogP contribution < -0.4 is 10.1 Å². The summed E-state index contributed by atoms with van der Waals surface area (Å²) in [4.78, 5) is 26.6. The van der Waals surface area contributed by atoms with Crippen LogP contribution >= 0.6 is 0 Å². The lowest BCUT2D eigenvalue weighted by atomic mass is 10.0. The number of para-hydroxylation sites is 1. The number of nitrogens with one attached hydrogen (secondary N) is 1. The SMILES string of the molecule is COc1ccccc1CC(=O)N1CCC(NC(=O)C[C@H]2C=CCC2)CC1. The predicted octanol–water partition coefficient (Wildman–Crippen LogP) is 2.70. The highest BCUT2D eigenvalue weighted by Crippen LogP contribution is 2.22. The third-order valence-corrected chi connectivity index (χ3v) is 5.31. The van der Waals surface area contributed by atoms with Crippen molar-refractivity contribution in [2.24, 2.45) is 5.92 Å². The van der Waals surface area contributed by atoms with Gasteiger partial charge in [0.25, 0.3) is 0 Å². The molecule has 0 bridgehead atoms. The van der Waals surface area contributed by atoms with Crippen LogP contribution in [0.15, 0.2) is 36.4 Å². The first-order valence-corrected chi connectivity index (χ1v) is 9.51. The highest BCUT2D eigenvalue weighted by atomic mass is 16.5. The van der Waals surface area contributed by atoms with Crippen LogP contribution in [0.25, 0.3) is 0 Å². The summed E-state index contributed by atoms with van der Waals surface area (Å²) in [5.41, 5.74) is 0.917. The number of carbonyl (C=O) groups is 2. The second kappa shape index (κ2) is 8.88.